The number of unbranched alkanes of at least 4 members (excludes halogenated alkanes) is 1. The second-order valence-electron chi connectivity index (χ2n) is 9.73. The first-order chi connectivity index (χ1) is 17.3. The van der Waals surface area contributed by atoms with E-state index >= 15 is 0 Å². The van der Waals surface area contributed by atoms with E-state index < -0.39 is 10.0 Å². The molecule has 0 saturated carbocycles. The minimum absolute atomic E-state index is 0. The maximum atomic E-state index is 14.2. The van der Waals surface area contributed by atoms with Gasteiger partial charge >= 0.3 is 0 Å². The fourth-order valence-electron chi connectivity index (χ4n) is 5.45. The van der Waals surface area contributed by atoms with E-state index in [4.69, 9.17) is 0 Å². The van der Waals surface area contributed by atoms with E-state index in [0.717, 1.165) is 61.4 Å². The Morgan fingerprint density at radius 1 is 0.946 bits per heavy atom. The molecule has 1 saturated heterocycles. The maximum Gasteiger partial charge on any atom is 0.240 e. The highest BCUT2D eigenvalue weighted by molar-refractivity contribution is 7.89. The number of hydrogen-bond acceptors (Lipinski definition) is 4. The van der Waals surface area contributed by atoms with Crippen molar-refractivity contribution in [3.63, 3.8) is 0 Å². The molecule has 1 unspecified atom stereocenters. The predicted octanol–water partition coefficient (Wildman–Crippen LogP) is 5.76. The number of rotatable bonds is 8. The van der Waals surface area contributed by atoms with E-state index in [2.05, 4.69) is 14.5 Å². The molecule has 3 aromatic rings. The summed E-state index contributed by atoms with van der Waals surface area (Å²) >= 11 is 0. The first-order valence-corrected chi connectivity index (χ1v) is 13.9. The number of halogens is 3. The molecule has 5 nitrogen and oxygen atoms in total. The Morgan fingerprint density at radius 3 is 2.38 bits per heavy atom. The topological polar surface area (TPSA) is 52.7 Å². The van der Waals surface area contributed by atoms with Crippen molar-refractivity contribution in [2.24, 2.45) is 0 Å². The number of hydrogen-bond donors (Lipinski definition) is 1. The van der Waals surface area contributed by atoms with Crippen LogP contribution in [0.2, 0.25) is 0 Å². The van der Waals surface area contributed by atoms with E-state index in [1.807, 2.05) is 13.0 Å². The normalized spacial score (nSPS) is 19.3. The molecule has 0 spiro atoms. The SMILES string of the molecule is Cc1ccc(S(=O)(=O)NCCCCN2CC[C@@H]3C(C2)c2cc(F)ccc2N3c2ccc(F)cc2)cc1.Cl. The van der Waals surface area contributed by atoms with Crippen molar-refractivity contribution < 1.29 is 17.2 Å². The van der Waals surface area contributed by atoms with Gasteiger partial charge in [-0.3, -0.25) is 0 Å². The smallest absolute Gasteiger partial charge is 0.240 e. The summed E-state index contributed by atoms with van der Waals surface area (Å²) in [6.07, 6.45) is 2.52. The quantitative estimate of drug-likeness (QED) is 0.364. The average molecular weight is 548 g/mol. The molecule has 0 radical (unpaired) electrons. The minimum Gasteiger partial charge on any atom is -0.337 e. The van der Waals surface area contributed by atoms with Crippen LogP contribution < -0.4 is 9.62 Å². The van der Waals surface area contributed by atoms with Crippen molar-refractivity contribution in [2.45, 2.75) is 43.0 Å². The molecule has 2 aliphatic heterocycles. The van der Waals surface area contributed by atoms with Crippen molar-refractivity contribution in [1.82, 2.24) is 9.62 Å². The summed E-state index contributed by atoms with van der Waals surface area (Å²) in [6, 6.07) is 18.5. The van der Waals surface area contributed by atoms with Crippen LogP contribution in [0, 0.1) is 18.6 Å². The highest BCUT2D eigenvalue weighted by Crippen LogP contribution is 2.48. The molecule has 2 heterocycles. The van der Waals surface area contributed by atoms with Crippen LogP contribution in [-0.2, 0) is 10.0 Å². The lowest BCUT2D eigenvalue weighted by Gasteiger charge is -2.39. The fourth-order valence-corrected chi connectivity index (χ4v) is 6.52. The monoisotopic (exact) mass is 547 g/mol. The minimum atomic E-state index is -3.49. The molecular weight excluding hydrogens is 516 g/mol. The number of anilines is 2. The summed E-state index contributed by atoms with van der Waals surface area (Å²) in [4.78, 5) is 4.90. The maximum absolute atomic E-state index is 14.2. The fraction of sp³-hybridized carbons (Fsp3) is 0.357. The molecule has 1 fully saturated rings. The van der Waals surface area contributed by atoms with Crippen molar-refractivity contribution in [3.05, 3.63) is 89.5 Å². The number of piperidine rings is 1. The van der Waals surface area contributed by atoms with E-state index in [-0.39, 0.29) is 40.9 Å². The Morgan fingerprint density at radius 2 is 1.65 bits per heavy atom. The van der Waals surface area contributed by atoms with Gasteiger partial charge in [0.15, 0.2) is 0 Å². The molecule has 5 rings (SSSR count). The zero-order chi connectivity index (χ0) is 25.3. The molecule has 198 valence electrons. The van der Waals surface area contributed by atoms with Gasteiger partial charge in [-0.25, -0.2) is 21.9 Å². The summed E-state index contributed by atoms with van der Waals surface area (Å²) in [6.45, 7) is 4.89. The molecule has 0 aliphatic carbocycles. The Bertz CT molecular complexity index is 1320. The van der Waals surface area contributed by atoms with Crippen LogP contribution in [0.15, 0.2) is 71.6 Å². The van der Waals surface area contributed by atoms with Crippen molar-refractivity contribution in [2.75, 3.05) is 31.1 Å². The summed E-state index contributed by atoms with van der Waals surface area (Å²) < 4.78 is 55.4. The van der Waals surface area contributed by atoms with Gasteiger partial charge in [0, 0.05) is 43.0 Å². The molecule has 0 amide bonds. The lowest BCUT2D eigenvalue weighted by molar-refractivity contribution is 0.193. The Labute approximate surface area is 223 Å². The molecule has 9 heteroatoms. The molecule has 2 aliphatic rings. The Kier molecular flexibility index (Phi) is 8.53. The van der Waals surface area contributed by atoms with Gasteiger partial charge < -0.3 is 9.80 Å². The van der Waals surface area contributed by atoms with E-state index in [1.165, 1.54) is 18.2 Å². The highest BCUT2D eigenvalue weighted by Gasteiger charge is 2.42. The largest absolute Gasteiger partial charge is 0.337 e. The molecule has 1 N–H and O–H groups in total. The van der Waals surface area contributed by atoms with Crippen LogP contribution in [0.5, 0.6) is 0 Å². The third-order valence-corrected chi connectivity index (χ3v) is 8.75. The van der Waals surface area contributed by atoms with Gasteiger partial charge in [0.25, 0.3) is 0 Å². The lowest BCUT2D eigenvalue weighted by atomic mass is 9.89. The van der Waals surface area contributed by atoms with Crippen LogP contribution >= 0.6 is 12.4 Å². The number of nitrogens with one attached hydrogen (secondary N) is 1. The van der Waals surface area contributed by atoms with Gasteiger partial charge in [-0.2, -0.15) is 0 Å². The zero-order valence-electron chi connectivity index (χ0n) is 20.7. The van der Waals surface area contributed by atoms with Gasteiger partial charge in [-0.15, -0.1) is 12.4 Å². The van der Waals surface area contributed by atoms with Crippen LogP contribution in [0.25, 0.3) is 0 Å². The summed E-state index contributed by atoms with van der Waals surface area (Å²) in [5.74, 6) is -0.356. The van der Waals surface area contributed by atoms with Crippen molar-refractivity contribution in [1.29, 1.82) is 0 Å². The van der Waals surface area contributed by atoms with Gasteiger partial charge in [-0.05, 0) is 92.9 Å². The number of aryl methyl sites for hydroxylation is 1. The van der Waals surface area contributed by atoms with E-state index in [0.29, 0.717) is 6.54 Å². The highest BCUT2D eigenvalue weighted by atomic mass is 35.5. The standard InChI is InChI=1S/C28H31F2N3O2S.ClH/c1-20-4-11-24(12-5-20)36(34,35)31-15-2-3-16-32-17-14-28-26(19-32)25-18-22(30)8-13-27(25)33(28)23-9-6-21(29)7-10-23;/h4-13,18,26,28,31H,2-3,14-17,19H2,1H3;1H/t26?,28-;/m1./s1. The third kappa shape index (κ3) is 5.98. The Balaban J connectivity index is 0.00000320. The lowest BCUT2D eigenvalue weighted by Crippen LogP contribution is -2.45. The summed E-state index contributed by atoms with van der Waals surface area (Å²) in [7, 11) is -3.49. The average Bonchev–Trinajstić information content (AvgIpc) is 3.17. The van der Waals surface area contributed by atoms with Crippen molar-refractivity contribution in [3.8, 4) is 0 Å². The van der Waals surface area contributed by atoms with E-state index in [9.17, 15) is 17.2 Å². The van der Waals surface area contributed by atoms with Gasteiger partial charge in [-0.1, -0.05) is 17.7 Å². The van der Waals surface area contributed by atoms with Gasteiger partial charge in [0.2, 0.25) is 10.0 Å². The van der Waals surface area contributed by atoms with Gasteiger partial charge in [0.05, 0.1) is 4.90 Å². The van der Waals surface area contributed by atoms with Gasteiger partial charge in [0.1, 0.15) is 11.6 Å². The molecule has 0 bridgehead atoms. The second-order valence-corrected chi connectivity index (χ2v) is 11.5. The number of likely N-dealkylation sites (tertiary alicyclic amines) is 1. The second kappa shape index (κ2) is 11.5. The molecular formula is C28H32ClF2N3O2S. The van der Waals surface area contributed by atoms with Crippen molar-refractivity contribution >= 4 is 33.8 Å². The zero-order valence-corrected chi connectivity index (χ0v) is 22.4. The molecule has 3 aromatic carbocycles. The molecule has 0 aromatic heterocycles. The first kappa shape index (κ1) is 27.5. The van der Waals surface area contributed by atoms with E-state index in [1.54, 1.807) is 42.5 Å². The van der Waals surface area contributed by atoms with Crippen LogP contribution in [0.4, 0.5) is 20.2 Å². The predicted molar refractivity (Wildman–Crippen MR) is 145 cm³/mol. The molecule has 37 heavy (non-hydrogen) atoms. The number of benzene rings is 3. The van der Waals surface area contributed by atoms with Crippen LogP contribution in [0.1, 0.15) is 36.3 Å². The number of nitrogens with zero attached hydrogens (tertiary/aromatic N) is 2. The summed E-state index contributed by atoms with van der Waals surface area (Å²) in [5.41, 5.74) is 3.93. The number of sulfonamides is 1. The number of fused-ring (bicyclic) bond motifs is 3. The van der Waals surface area contributed by atoms with Crippen LogP contribution in [-0.4, -0.2) is 45.5 Å². The summed E-state index contributed by atoms with van der Waals surface area (Å²) in [5, 5.41) is 0. The Hall–Kier alpha value is -2.52. The molecule has 2 atom stereocenters. The third-order valence-electron chi connectivity index (χ3n) is 7.27. The van der Waals surface area contributed by atoms with Crippen LogP contribution in [0.3, 0.4) is 0 Å². The first-order valence-electron chi connectivity index (χ1n) is 12.4.